The van der Waals surface area contributed by atoms with Crippen molar-refractivity contribution in [1.82, 2.24) is 34.7 Å². The van der Waals surface area contributed by atoms with Crippen LogP contribution in [0.25, 0.3) is 11.2 Å². The molecule has 0 bridgehead atoms. The molecule has 8 nitrogen and oxygen atoms in total. The van der Waals surface area contributed by atoms with Crippen LogP contribution in [-0.2, 0) is 13.6 Å². The van der Waals surface area contributed by atoms with Gasteiger partial charge in [-0.2, -0.15) is 9.97 Å². The van der Waals surface area contributed by atoms with E-state index in [-0.39, 0.29) is 5.28 Å². The Morgan fingerprint density at radius 3 is 3.11 bits per heavy atom. The first-order chi connectivity index (χ1) is 8.74. The van der Waals surface area contributed by atoms with Gasteiger partial charge in [-0.3, -0.25) is 0 Å². The van der Waals surface area contributed by atoms with Crippen LogP contribution in [0.3, 0.4) is 0 Å². The summed E-state index contributed by atoms with van der Waals surface area (Å²) in [7, 11) is 1.87. The molecule has 0 aromatic carbocycles. The average molecular weight is 265 g/mol. The minimum Gasteiger partial charge on any atom is -0.361 e. The SMILES string of the molecule is Cn1cnnc1CNc1nc(Cl)nc2nc[nH]c12. The molecule has 2 N–H and O–H groups in total. The standard InChI is InChI=1S/C9H9ClN8/c1-18-4-14-17-5(18)2-11-7-6-8(13-3-12-6)16-9(10)15-7/h3-4H,2H2,1H3,(H2,11,12,13,15,16). The highest BCUT2D eigenvalue weighted by atomic mass is 35.5. The van der Waals surface area contributed by atoms with Gasteiger partial charge in [-0.25, -0.2) is 4.98 Å². The van der Waals surface area contributed by atoms with Gasteiger partial charge in [-0.1, -0.05) is 0 Å². The number of nitrogens with one attached hydrogen (secondary N) is 2. The fourth-order valence-electron chi connectivity index (χ4n) is 1.56. The third kappa shape index (κ3) is 1.86. The number of nitrogens with zero attached hydrogens (tertiary/aromatic N) is 6. The van der Waals surface area contributed by atoms with E-state index >= 15 is 0 Å². The summed E-state index contributed by atoms with van der Waals surface area (Å²) in [6.45, 7) is 0.484. The van der Waals surface area contributed by atoms with Crippen LogP contribution in [0.1, 0.15) is 5.82 Å². The van der Waals surface area contributed by atoms with Gasteiger partial charge < -0.3 is 14.9 Å². The van der Waals surface area contributed by atoms with Gasteiger partial charge in [0, 0.05) is 7.05 Å². The maximum atomic E-state index is 5.82. The zero-order chi connectivity index (χ0) is 12.5. The molecule has 0 saturated carbocycles. The molecule has 0 saturated heterocycles. The molecule has 0 unspecified atom stereocenters. The summed E-state index contributed by atoms with van der Waals surface area (Å²) in [5.41, 5.74) is 1.23. The van der Waals surface area contributed by atoms with Crippen molar-refractivity contribution >= 4 is 28.6 Å². The summed E-state index contributed by atoms with van der Waals surface area (Å²) in [6, 6.07) is 0. The minimum absolute atomic E-state index is 0.148. The Labute approximate surface area is 106 Å². The van der Waals surface area contributed by atoms with E-state index in [0.29, 0.717) is 23.5 Å². The third-order valence-electron chi connectivity index (χ3n) is 2.48. The van der Waals surface area contributed by atoms with Gasteiger partial charge in [0.05, 0.1) is 12.9 Å². The van der Waals surface area contributed by atoms with E-state index in [1.165, 1.54) is 0 Å². The van der Waals surface area contributed by atoms with Crippen molar-refractivity contribution in [3.8, 4) is 0 Å². The molecule has 0 amide bonds. The molecule has 3 rings (SSSR count). The fourth-order valence-corrected chi connectivity index (χ4v) is 1.73. The first kappa shape index (κ1) is 10.9. The molecular formula is C9H9ClN8. The lowest BCUT2D eigenvalue weighted by Crippen LogP contribution is -2.07. The van der Waals surface area contributed by atoms with Crippen molar-refractivity contribution in [3.63, 3.8) is 0 Å². The normalized spacial score (nSPS) is 11.0. The van der Waals surface area contributed by atoms with Crippen molar-refractivity contribution < 1.29 is 0 Å². The number of H-pyrrole nitrogens is 1. The zero-order valence-electron chi connectivity index (χ0n) is 9.42. The van der Waals surface area contributed by atoms with Gasteiger partial charge in [-0.05, 0) is 11.6 Å². The van der Waals surface area contributed by atoms with Crippen molar-refractivity contribution in [2.45, 2.75) is 6.54 Å². The molecule has 0 spiro atoms. The predicted octanol–water partition coefficient (Wildman–Crippen LogP) is 0.747. The quantitative estimate of drug-likeness (QED) is 0.678. The van der Waals surface area contributed by atoms with Gasteiger partial charge in [0.1, 0.15) is 11.8 Å². The molecule has 0 aliphatic heterocycles. The Morgan fingerprint density at radius 2 is 2.33 bits per heavy atom. The second kappa shape index (κ2) is 4.22. The first-order valence-electron chi connectivity index (χ1n) is 5.17. The zero-order valence-corrected chi connectivity index (χ0v) is 10.2. The fraction of sp³-hybridized carbons (Fsp3) is 0.222. The molecule has 18 heavy (non-hydrogen) atoms. The summed E-state index contributed by atoms with van der Waals surface area (Å²) < 4.78 is 1.82. The lowest BCUT2D eigenvalue weighted by molar-refractivity contribution is 0.810. The number of fused-ring (bicyclic) bond motifs is 1. The predicted molar refractivity (Wildman–Crippen MR) is 65.0 cm³/mol. The number of hydrogen-bond donors (Lipinski definition) is 2. The Morgan fingerprint density at radius 1 is 1.44 bits per heavy atom. The largest absolute Gasteiger partial charge is 0.361 e. The third-order valence-corrected chi connectivity index (χ3v) is 2.65. The molecule has 0 fully saturated rings. The van der Waals surface area contributed by atoms with Crippen LogP contribution in [0.15, 0.2) is 12.7 Å². The van der Waals surface area contributed by atoms with Crippen LogP contribution in [-0.4, -0.2) is 34.7 Å². The molecule has 0 aliphatic rings. The molecule has 0 atom stereocenters. The van der Waals surface area contributed by atoms with Crippen molar-refractivity contribution in [2.75, 3.05) is 5.32 Å². The van der Waals surface area contributed by atoms with Gasteiger partial charge in [-0.15, -0.1) is 10.2 Å². The lowest BCUT2D eigenvalue weighted by atomic mass is 10.4. The molecule has 9 heteroatoms. The van der Waals surface area contributed by atoms with Gasteiger partial charge in [0.25, 0.3) is 0 Å². The van der Waals surface area contributed by atoms with E-state index in [1.807, 2.05) is 11.6 Å². The molecule has 3 heterocycles. The first-order valence-corrected chi connectivity index (χ1v) is 5.55. The maximum Gasteiger partial charge on any atom is 0.226 e. The van der Waals surface area contributed by atoms with Crippen LogP contribution in [0.2, 0.25) is 5.28 Å². The van der Waals surface area contributed by atoms with Crippen molar-refractivity contribution in [3.05, 3.63) is 23.8 Å². The molecule has 0 radical (unpaired) electrons. The summed E-state index contributed by atoms with van der Waals surface area (Å²) in [5.74, 6) is 1.38. The van der Waals surface area contributed by atoms with Gasteiger partial charge in [0.15, 0.2) is 17.3 Å². The number of imidazole rings is 1. The van der Waals surface area contributed by atoms with Crippen LogP contribution >= 0.6 is 11.6 Å². The Kier molecular flexibility index (Phi) is 2.56. The minimum atomic E-state index is 0.148. The van der Waals surface area contributed by atoms with Crippen LogP contribution < -0.4 is 5.32 Å². The van der Waals surface area contributed by atoms with E-state index in [0.717, 1.165) is 5.82 Å². The van der Waals surface area contributed by atoms with Gasteiger partial charge >= 0.3 is 0 Å². The molecule has 3 aromatic rings. The van der Waals surface area contributed by atoms with E-state index in [9.17, 15) is 0 Å². The van der Waals surface area contributed by atoms with Crippen LogP contribution in [0.5, 0.6) is 0 Å². The monoisotopic (exact) mass is 264 g/mol. The Hall–Kier alpha value is -2.22. The lowest BCUT2D eigenvalue weighted by Gasteiger charge is -2.05. The summed E-state index contributed by atoms with van der Waals surface area (Å²) in [6.07, 6.45) is 3.18. The number of anilines is 1. The summed E-state index contributed by atoms with van der Waals surface area (Å²) in [4.78, 5) is 15.1. The number of aryl methyl sites for hydroxylation is 1. The highest BCUT2D eigenvalue weighted by Crippen LogP contribution is 2.18. The van der Waals surface area contributed by atoms with Gasteiger partial charge in [0.2, 0.25) is 5.28 Å². The second-order valence-corrected chi connectivity index (χ2v) is 3.99. The highest BCUT2D eigenvalue weighted by Gasteiger charge is 2.09. The van der Waals surface area contributed by atoms with E-state index in [2.05, 4.69) is 35.5 Å². The number of aromatic nitrogens is 7. The maximum absolute atomic E-state index is 5.82. The number of rotatable bonds is 3. The number of hydrogen-bond acceptors (Lipinski definition) is 6. The van der Waals surface area contributed by atoms with Crippen LogP contribution in [0, 0.1) is 0 Å². The van der Waals surface area contributed by atoms with E-state index in [4.69, 9.17) is 11.6 Å². The summed E-state index contributed by atoms with van der Waals surface area (Å²) >= 11 is 5.82. The van der Waals surface area contributed by atoms with Crippen LogP contribution in [0.4, 0.5) is 5.82 Å². The topological polar surface area (TPSA) is 97.2 Å². The molecule has 0 aliphatic carbocycles. The molecule has 3 aromatic heterocycles. The smallest absolute Gasteiger partial charge is 0.226 e. The van der Waals surface area contributed by atoms with E-state index < -0.39 is 0 Å². The molecule has 92 valence electrons. The van der Waals surface area contributed by atoms with E-state index in [1.54, 1.807) is 12.7 Å². The second-order valence-electron chi connectivity index (χ2n) is 3.65. The molecular weight excluding hydrogens is 256 g/mol. The highest BCUT2D eigenvalue weighted by molar-refractivity contribution is 6.28. The average Bonchev–Trinajstić information content (AvgIpc) is 2.94. The van der Waals surface area contributed by atoms with Crippen molar-refractivity contribution in [2.24, 2.45) is 7.05 Å². The Balaban J connectivity index is 1.90. The Bertz CT molecular complexity index is 687. The number of halogens is 1. The van der Waals surface area contributed by atoms with Crippen molar-refractivity contribution in [1.29, 1.82) is 0 Å². The summed E-state index contributed by atoms with van der Waals surface area (Å²) in [5, 5.41) is 11.0. The number of aromatic amines is 1.